The number of carbonyl (C=O) groups excluding carboxylic acids is 2. The second-order valence-electron chi connectivity index (χ2n) is 8.11. The van der Waals surface area contributed by atoms with E-state index >= 15 is 0 Å². The molecule has 2 aliphatic rings. The molecule has 2 N–H and O–H groups in total. The molecule has 2 saturated heterocycles. The molecule has 2 amide bonds. The van der Waals surface area contributed by atoms with Crippen LogP contribution in [0.4, 0.5) is 0 Å². The third kappa shape index (κ3) is 5.23. The molecule has 0 aliphatic carbocycles. The Morgan fingerprint density at radius 2 is 1.77 bits per heavy atom. The summed E-state index contributed by atoms with van der Waals surface area (Å²) in [6.07, 6.45) is 4.25. The Hall–Kier alpha value is -1.89. The number of rotatable bonds is 6. The van der Waals surface area contributed by atoms with E-state index < -0.39 is 0 Å². The second-order valence-corrected chi connectivity index (χ2v) is 9.46. The van der Waals surface area contributed by atoms with E-state index in [9.17, 15) is 9.59 Å². The van der Waals surface area contributed by atoms with E-state index in [-0.39, 0.29) is 24.4 Å². The summed E-state index contributed by atoms with van der Waals surface area (Å²) in [6.45, 7) is 0.918. The Bertz CT molecular complexity index is 907. The molecule has 0 radical (unpaired) electrons. The van der Waals surface area contributed by atoms with Crippen LogP contribution >= 0.6 is 27.5 Å². The quantitative estimate of drug-likeness (QED) is 0.640. The number of piperidine rings is 1. The lowest BCUT2D eigenvalue weighted by Gasteiger charge is -2.39. The number of amides is 2. The summed E-state index contributed by atoms with van der Waals surface area (Å²) in [5.74, 6) is -0.377. The van der Waals surface area contributed by atoms with Gasteiger partial charge in [-0.05, 0) is 61.6 Å². The summed E-state index contributed by atoms with van der Waals surface area (Å²) in [5.41, 5.74) is 1.81. The van der Waals surface area contributed by atoms with Crippen LogP contribution in [0.3, 0.4) is 0 Å². The first-order valence-corrected chi connectivity index (χ1v) is 11.5. The summed E-state index contributed by atoms with van der Waals surface area (Å²) in [7, 11) is 0. The van der Waals surface area contributed by atoms with Crippen LogP contribution in [-0.2, 0) is 11.3 Å². The smallest absolute Gasteiger partial charge is 0.251 e. The molecule has 2 bridgehead atoms. The van der Waals surface area contributed by atoms with Crippen molar-refractivity contribution in [1.82, 2.24) is 15.5 Å². The number of hydrogen-bond donors (Lipinski definition) is 2. The van der Waals surface area contributed by atoms with Crippen LogP contribution in [0.15, 0.2) is 53.0 Å². The topological polar surface area (TPSA) is 61.4 Å². The first kappa shape index (κ1) is 21.3. The van der Waals surface area contributed by atoms with Crippen LogP contribution in [0.1, 0.15) is 41.6 Å². The second kappa shape index (κ2) is 9.50. The van der Waals surface area contributed by atoms with E-state index in [2.05, 4.69) is 43.6 Å². The standard InChI is InChI=1S/C23H25BrClN3O2/c24-17-3-1-2-16(10-17)23(30)26-13-22(29)27-19-11-20-8-9-21(12-19)28(20)14-15-4-6-18(25)7-5-15/h1-7,10,19-21H,8-9,11-14H2,(H,26,30)(H,27,29)/t20-,21-/m1/s1. The predicted molar refractivity (Wildman–Crippen MR) is 121 cm³/mol. The zero-order chi connectivity index (χ0) is 21.1. The van der Waals surface area contributed by atoms with Gasteiger partial charge in [0.1, 0.15) is 0 Å². The Kier molecular flexibility index (Phi) is 6.76. The molecule has 0 unspecified atom stereocenters. The summed E-state index contributed by atoms with van der Waals surface area (Å²) >= 11 is 9.35. The van der Waals surface area contributed by atoms with Crippen molar-refractivity contribution in [2.24, 2.45) is 0 Å². The monoisotopic (exact) mass is 489 g/mol. The first-order chi connectivity index (χ1) is 14.5. The third-order valence-electron chi connectivity index (χ3n) is 6.02. The molecule has 4 rings (SSSR count). The number of nitrogens with one attached hydrogen (secondary N) is 2. The number of carbonyl (C=O) groups is 2. The van der Waals surface area contributed by atoms with E-state index in [1.165, 1.54) is 18.4 Å². The van der Waals surface area contributed by atoms with Gasteiger partial charge in [-0.15, -0.1) is 0 Å². The third-order valence-corrected chi connectivity index (χ3v) is 6.77. The van der Waals surface area contributed by atoms with Gasteiger partial charge in [0.05, 0.1) is 6.54 Å². The van der Waals surface area contributed by atoms with Crippen molar-refractivity contribution in [1.29, 1.82) is 0 Å². The molecular weight excluding hydrogens is 466 g/mol. The van der Waals surface area contributed by atoms with Crippen molar-refractivity contribution in [2.45, 2.75) is 50.4 Å². The zero-order valence-corrected chi connectivity index (χ0v) is 19.0. The summed E-state index contributed by atoms with van der Waals surface area (Å²) in [4.78, 5) is 27.2. The molecule has 2 heterocycles. The molecule has 2 fully saturated rings. The Balaban J connectivity index is 1.26. The fraction of sp³-hybridized carbons (Fsp3) is 0.391. The van der Waals surface area contributed by atoms with E-state index in [4.69, 9.17) is 11.6 Å². The van der Waals surface area contributed by atoms with Gasteiger partial charge in [-0.2, -0.15) is 0 Å². The molecular formula is C23H25BrClN3O2. The largest absolute Gasteiger partial charge is 0.352 e. The van der Waals surface area contributed by atoms with Crippen LogP contribution in [0, 0.1) is 0 Å². The first-order valence-electron chi connectivity index (χ1n) is 10.3. The number of halogens is 2. The maximum atomic E-state index is 12.4. The summed E-state index contributed by atoms with van der Waals surface area (Å²) in [6, 6.07) is 16.3. The molecule has 7 heteroatoms. The minimum atomic E-state index is -0.246. The van der Waals surface area contributed by atoms with Gasteiger partial charge in [0.2, 0.25) is 5.91 Å². The molecule has 2 atom stereocenters. The van der Waals surface area contributed by atoms with Gasteiger partial charge in [-0.1, -0.05) is 45.7 Å². The highest BCUT2D eigenvalue weighted by Crippen LogP contribution is 2.36. The van der Waals surface area contributed by atoms with E-state index in [1.807, 2.05) is 18.2 Å². The fourth-order valence-electron chi connectivity index (χ4n) is 4.62. The van der Waals surface area contributed by atoms with E-state index in [0.29, 0.717) is 17.6 Å². The Morgan fingerprint density at radius 1 is 1.07 bits per heavy atom. The van der Waals surface area contributed by atoms with E-state index in [0.717, 1.165) is 28.9 Å². The normalized spacial score (nSPS) is 23.2. The number of hydrogen-bond acceptors (Lipinski definition) is 3. The van der Waals surface area contributed by atoms with Gasteiger partial charge in [-0.3, -0.25) is 14.5 Å². The maximum absolute atomic E-state index is 12.4. The Morgan fingerprint density at radius 3 is 2.43 bits per heavy atom. The number of nitrogens with zero attached hydrogens (tertiary/aromatic N) is 1. The van der Waals surface area contributed by atoms with Crippen molar-refractivity contribution in [2.75, 3.05) is 6.54 Å². The molecule has 5 nitrogen and oxygen atoms in total. The van der Waals surface area contributed by atoms with Crippen LogP contribution in [0.2, 0.25) is 5.02 Å². The van der Waals surface area contributed by atoms with Crippen LogP contribution < -0.4 is 10.6 Å². The van der Waals surface area contributed by atoms with Crippen molar-refractivity contribution < 1.29 is 9.59 Å². The molecule has 0 aromatic heterocycles. The minimum Gasteiger partial charge on any atom is -0.352 e. The van der Waals surface area contributed by atoms with Gasteiger partial charge in [-0.25, -0.2) is 0 Å². The SMILES string of the molecule is O=C(CNC(=O)c1cccc(Br)c1)NC1C[C@H]2CC[C@H](C1)N2Cc1ccc(Cl)cc1. The number of benzene rings is 2. The van der Waals surface area contributed by atoms with Crippen LogP contribution in [0.5, 0.6) is 0 Å². The van der Waals surface area contributed by atoms with E-state index in [1.54, 1.807) is 18.2 Å². The summed E-state index contributed by atoms with van der Waals surface area (Å²) < 4.78 is 0.834. The molecule has 2 aromatic carbocycles. The predicted octanol–water partition coefficient (Wildman–Crippen LogP) is 4.14. The average Bonchev–Trinajstić information content (AvgIpc) is 2.95. The molecule has 30 heavy (non-hydrogen) atoms. The zero-order valence-electron chi connectivity index (χ0n) is 16.6. The van der Waals surface area contributed by atoms with Crippen molar-refractivity contribution in [3.05, 3.63) is 69.2 Å². The van der Waals surface area contributed by atoms with Gasteiger partial charge in [0, 0.05) is 39.7 Å². The fourth-order valence-corrected chi connectivity index (χ4v) is 5.15. The van der Waals surface area contributed by atoms with Gasteiger partial charge < -0.3 is 10.6 Å². The van der Waals surface area contributed by atoms with Gasteiger partial charge in [0.15, 0.2) is 0 Å². The maximum Gasteiger partial charge on any atom is 0.251 e. The van der Waals surface area contributed by atoms with Crippen molar-refractivity contribution >= 4 is 39.3 Å². The highest BCUT2D eigenvalue weighted by molar-refractivity contribution is 9.10. The molecule has 158 valence electrons. The lowest BCUT2D eigenvalue weighted by Crippen LogP contribution is -2.51. The van der Waals surface area contributed by atoms with Crippen molar-refractivity contribution in [3.63, 3.8) is 0 Å². The van der Waals surface area contributed by atoms with Crippen LogP contribution in [-0.4, -0.2) is 41.4 Å². The molecule has 0 spiro atoms. The lowest BCUT2D eigenvalue weighted by atomic mass is 9.96. The minimum absolute atomic E-state index is 0.00826. The number of fused-ring (bicyclic) bond motifs is 2. The molecule has 0 saturated carbocycles. The lowest BCUT2D eigenvalue weighted by molar-refractivity contribution is -0.121. The summed E-state index contributed by atoms with van der Waals surface area (Å²) in [5, 5.41) is 6.59. The highest BCUT2D eigenvalue weighted by Gasteiger charge is 2.40. The van der Waals surface area contributed by atoms with Gasteiger partial charge >= 0.3 is 0 Å². The van der Waals surface area contributed by atoms with Crippen LogP contribution in [0.25, 0.3) is 0 Å². The molecule has 2 aliphatic heterocycles. The average molecular weight is 491 g/mol. The molecule has 2 aromatic rings. The van der Waals surface area contributed by atoms with Gasteiger partial charge in [0.25, 0.3) is 5.91 Å². The highest BCUT2D eigenvalue weighted by atomic mass is 79.9. The Labute approximate surface area is 190 Å². The van der Waals surface area contributed by atoms with Crippen molar-refractivity contribution in [3.8, 4) is 0 Å².